The molecule has 3 fully saturated rings. The lowest BCUT2D eigenvalue weighted by atomic mass is 9.62. The molecular formula is C13H22N2O4. The number of carbonyl (C=O) groups excluding carboxylic acids is 2. The second kappa shape index (κ2) is 4.10. The summed E-state index contributed by atoms with van der Waals surface area (Å²) >= 11 is 0. The van der Waals surface area contributed by atoms with Gasteiger partial charge in [0.2, 0.25) is 0 Å². The number of methoxy groups -OCH3 is 1. The first-order valence-corrected chi connectivity index (χ1v) is 6.47. The molecule has 0 aromatic rings. The minimum absolute atomic E-state index is 0.148. The first-order valence-electron chi connectivity index (χ1n) is 6.47. The van der Waals surface area contributed by atoms with E-state index in [-0.39, 0.29) is 11.4 Å². The zero-order valence-electron chi connectivity index (χ0n) is 12.0. The average molecular weight is 270 g/mol. The third kappa shape index (κ3) is 2.08. The number of esters is 1. The highest BCUT2D eigenvalue weighted by Crippen LogP contribution is 2.59. The number of rotatable bonds is 2. The van der Waals surface area contributed by atoms with Crippen LogP contribution in [0, 0.1) is 5.41 Å². The number of nitrogens with zero attached hydrogens (tertiary/aromatic N) is 1. The fourth-order valence-electron chi connectivity index (χ4n) is 3.19. The Morgan fingerprint density at radius 1 is 1.32 bits per heavy atom. The summed E-state index contributed by atoms with van der Waals surface area (Å²) in [5.74, 6) is -0.375. The van der Waals surface area contributed by atoms with E-state index in [0.29, 0.717) is 25.9 Å². The van der Waals surface area contributed by atoms with E-state index in [1.807, 2.05) is 0 Å². The van der Waals surface area contributed by atoms with Crippen molar-refractivity contribution in [2.75, 3.05) is 20.2 Å². The van der Waals surface area contributed by atoms with Crippen molar-refractivity contribution >= 4 is 12.1 Å². The molecule has 3 aliphatic rings. The van der Waals surface area contributed by atoms with Gasteiger partial charge in [0, 0.05) is 12.0 Å². The zero-order chi connectivity index (χ0) is 14.5. The predicted molar refractivity (Wildman–Crippen MR) is 68.4 cm³/mol. The van der Waals surface area contributed by atoms with Gasteiger partial charge in [0.1, 0.15) is 11.1 Å². The van der Waals surface area contributed by atoms with Crippen molar-refractivity contribution in [1.82, 2.24) is 4.90 Å². The Morgan fingerprint density at radius 3 is 2.32 bits per heavy atom. The molecule has 2 bridgehead atoms. The van der Waals surface area contributed by atoms with Gasteiger partial charge in [-0.25, -0.2) is 9.59 Å². The van der Waals surface area contributed by atoms with E-state index >= 15 is 0 Å². The van der Waals surface area contributed by atoms with Crippen molar-refractivity contribution < 1.29 is 19.1 Å². The van der Waals surface area contributed by atoms with E-state index in [4.69, 9.17) is 15.2 Å². The maximum absolute atomic E-state index is 12.2. The van der Waals surface area contributed by atoms with Crippen LogP contribution in [0.4, 0.5) is 4.79 Å². The van der Waals surface area contributed by atoms with Crippen LogP contribution in [0.2, 0.25) is 0 Å². The van der Waals surface area contributed by atoms with Crippen LogP contribution in [-0.4, -0.2) is 48.3 Å². The van der Waals surface area contributed by atoms with Crippen LogP contribution in [0.3, 0.4) is 0 Å². The van der Waals surface area contributed by atoms with Crippen molar-refractivity contribution in [3.05, 3.63) is 0 Å². The van der Waals surface area contributed by atoms with Crippen molar-refractivity contribution in [2.45, 2.75) is 44.8 Å². The van der Waals surface area contributed by atoms with Crippen LogP contribution in [0.15, 0.2) is 0 Å². The van der Waals surface area contributed by atoms with Gasteiger partial charge in [-0.3, -0.25) is 4.90 Å². The molecule has 1 amide bonds. The Morgan fingerprint density at radius 2 is 1.89 bits per heavy atom. The van der Waals surface area contributed by atoms with Crippen molar-refractivity contribution in [1.29, 1.82) is 0 Å². The Balaban J connectivity index is 2.20. The van der Waals surface area contributed by atoms with Crippen LogP contribution >= 0.6 is 0 Å². The second-order valence-electron chi connectivity index (χ2n) is 6.65. The quantitative estimate of drug-likeness (QED) is 0.753. The molecule has 2 heterocycles. The molecular weight excluding hydrogens is 248 g/mol. The SMILES string of the molecule is COC(=O)C12CC(CN)(CN1C(=O)OC(C)(C)C)C2. The van der Waals surface area contributed by atoms with E-state index in [0.717, 1.165) is 0 Å². The number of fused-ring (bicyclic) bond motifs is 1. The smallest absolute Gasteiger partial charge is 0.411 e. The van der Waals surface area contributed by atoms with Gasteiger partial charge in [0.15, 0.2) is 0 Å². The molecule has 6 heteroatoms. The molecule has 108 valence electrons. The van der Waals surface area contributed by atoms with Crippen molar-refractivity contribution in [2.24, 2.45) is 11.1 Å². The van der Waals surface area contributed by atoms with Crippen LogP contribution in [0.1, 0.15) is 33.6 Å². The fraction of sp³-hybridized carbons (Fsp3) is 0.846. The fourth-order valence-corrected chi connectivity index (χ4v) is 3.19. The van der Waals surface area contributed by atoms with Crippen molar-refractivity contribution in [3.63, 3.8) is 0 Å². The summed E-state index contributed by atoms with van der Waals surface area (Å²) in [7, 11) is 1.34. The molecule has 2 N–H and O–H groups in total. The molecule has 0 atom stereocenters. The van der Waals surface area contributed by atoms with Gasteiger partial charge in [-0.05, 0) is 40.2 Å². The predicted octanol–water partition coefficient (Wildman–Crippen LogP) is 0.888. The Kier molecular flexibility index (Phi) is 3.04. The third-order valence-electron chi connectivity index (χ3n) is 3.96. The highest BCUT2D eigenvalue weighted by Gasteiger charge is 2.71. The lowest BCUT2D eigenvalue weighted by Gasteiger charge is -2.44. The minimum Gasteiger partial charge on any atom is -0.467 e. The van der Waals surface area contributed by atoms with Crippen LogP contribution in [0.25, 0.3) is 0 Å². The number of nitrogens with two attached hydrogens (primary N) is 1. The van der Waals surface area contributed by atoms with Crippen LogP contribution in [0.5, 0.6) is 0 Å². The lowest BCUT2D eigenvalue weighted by Crippen LogP contribution is -2.58. The highest BCUT2D eigenvalue weighted by atomic mass is 16.6. The molecule has 1 saturated carbocycles. The third-order valence-corrected chi connectivity index (χ3v) is 3.96. The molecule has 0 radical (unpaired) electrons. The molecule has 0 aromatic carbocycles. The Bertz CT molecular complexity index is 407. The van der Waals surface area contributed by atoms with Gasteiger partial charge in [-0.1, -0.05) is 0 Å². The molecule has 0 aromatic heterocycles. The number of hydrogen-bond acceptors (Lipinski definition) is 5. The molecule has 0 unspecified atom stereocenters. The first-order chi connectivity index (χ1) is 8.68. The summed E-state index contributed by atoms with van der Waals surface area (Å²) in [4.78, 5) is 25.7. The van der Waals surface area contributed by atoms with Gasteiger partial charge in [-0.2, -0.15) is 0 Å². The van der Waals surface area contributed by atoms with Gasteiger partial charge in [0.25, 0.3) is 0 Å². The molecule has 6 nitrogen and oxygen atoms in total. The zero-order valence-corrected chi connectivity index (χ0v) is 12.0. The topological polar surface area (TPSA) is 81.9 Å². The summed E-state index contributed by atoms with van der Waals surface area (Å²) < 4.78 is 10.2. The number of hydrogen-bond donors (Lipinski definition) is 1. The summed E-state index contributed by atoms with van der Waals surface area (Å²) in [5.41, 5.74) is 4.17. The minimum atomic E-state index is -0.865. The molecule has 1 aliphatic carbocycles. The summed E-state index contributed by atoms with van der Waals surface area (Å²) in [6.07, 6.45) is 0.677. The largest absolute Gasteiger partial charge is 0.467 e. The van der Waals surface area contributed by atoms with Gasteiger partial charge >= 0.3 is 12.1 Å². The summed E-state index contributed by atoms with van der Waals surface area (Å²) in [5, 5.41) is 0. The van der Waals surface area contributed by atoms with Gasteiger partial charge in [0.05, 0.1) is 7.11 Å². The molecule has 3 rings (SSSR count). The average Bonchev–Trinajstić information content (AvgIpc) is 2.76. The van der Waals surface area contributed by atoms with Crippen LogP contribution < -0.4 is 5.73 Å². The Labute approximate surface area is 113 Å². The van der Waals surface area contributed by atoms with E-state index in [2.05, 4.69) is 0 Å². The standard InChI is InChI=1S/C13H22N2O4/c1-11(2,3)19-10(17)15-8-12(7-14)5-13(15,6-12)9(16)18-4/h5-8,14H2,1-4H3. The molecule has 2 saturated heterocycles. The summed E-state index contributed by atoms with van der Waals surface area (Å²) in [6, 6.07) is 0. The lowest BCUT2D eigenvalue weighted by molar-refractivity contribution is -0.158. The van der Waals surface area contributed by atoms with Gasteiger partial charge in [-0.15, -0.1) is 0 Å². The number of amides is 1. The molecule has 19 heavy (non-hydrogen) atoms. The normalized spacial score (nSPS) is 32.8. The summed E-state index contributed by atoms with van der Waals surface area (Å²) in [6.45, 7) is 6.33. The van der Waals surface area contributed by atoms with Gasteiger partial charge < -0.3 is 15.2 Å². The van der Waals surface area contributed by atoms with E-state index in [9.17, 15) is 9.59 Å². The maximum atomic E-state index is 12.2. The van der Waals surface area contributed by atoms with Crippen molar-refractivity contribution in [3.8, 4) is 0 Å². The number of carbonyl (C=O) groups is 2. The molecule has 0 spiro atoms. The van der Waals surface area contributed by atoms with E-state index in [1.165, 1.54) is 12.0 Å². The van der Waals surface area contributed by atoms with E-state index in [1.54, 1.807) is 20.8 Å². The van der Waals surface area contributed by atoms with Crippen LogP contribution in [-0.2, 0) is 14.3 Å². The Hall–Kier alpha value is -1.30. The number of ether oxygens (including phenoxy) is 2. The maximum Gasteiger partial charge on any atom is 0.411 e. The monoisotopic (exact) mass is 270 g/mol. The highest BCUT2D eigenvalue weighted by molar-refractivity contribution is 5.89. The van der Waals surface area contributed by atoms with E-state index < -0.39 is 17.2 Å². The second-order valence-corrected chi connectivity index (χ2v) is 6.65. The first kappa shape index (κ1) is 14.1. The molecule has 2 aliphatic heterocycles.